The van der Waals surface area contributed by atoms with Crippen LogP contribution in [0.1, 0.15) is 53.8 Å². The maximum Gasteiger partial charge on any atom is 0.0746 e. The van der Waals surface area contributed by atoms with Gasteiger partial charge in [-0.15, -0.1) is 0 Å². The van der Waals surface area contributed by atoms with Gasteiger partial charge in [0, 0.05) is 33.4 Å². The quantitative estimate of drug-likeness (QED) is 0.181. The monoisotopic (exact) mass is 671 g/mol. The lowest BCUT2D eigenvalue weighted by Gasteiger charge is -2.32. The van der Waals surface area contributed by atoms with E-state index in [9.17, 15) is 9.60 Å². The van der Waals surface area contributed by atoms with Crippen LogP contribution < -0.4 is 4.90 Å². The molecule has 8 aromatic carbocycles. The largest absolute Gasteiger partial charge is 0.310 e. The van der Waals surface area contributed by atoms with Crippen LogP contribution in [0.5, 0.6) is 0 Å². The normalized spacial score (nSPS) is 21.5. The number of nitrogens with zero attached hydrogens (tertiary/aromatic N) is 2. The van der Waals surface area contributed by atoms with Crippen molar-refractivity contribution in [3.05, 3.63) is 216 Å². The van der Waals surface area contributed by atoms with E-state index in [0.717, 1.165) is 17.0 Å². The zero-order chi connectivity index (χ0) is 53.5. The summed E-state index contributed by atoms with van der Waals surface area (Å²) in [7, 11) is 0. The molecule has 1 atom stereocenters. The number of aromatic nitrogens is 1. The SMILES string of the molecule is [2H]c1cc2c(c([2H])c1[2H])-c1c([2H])c([2H])c([2H])c([2H])c1C21c2c([2H])c([2H])c([2H])c([2H])c2-c2c([2H])cc([2H])c(-n3c4ccccc4c4ccc(N(c5c([2H])c([2H])c([2H])c([2H])c5[2H])c5c([2H])c([2H])c([2H])c([2H])c5[2H])cc43)c21. The summed E-state index contributed by atoms with van der Waals surface area (Å²) in [6.07, 6.45) is 0. The average molecular weight is 672 g/mol. The highest BCUT2D eigenvalue weighted by Crippen LogP contribution is 2.64. The predicted octanol–water partition coefficient (Wildman–Crippen LogP) is 12.6. The van der Waals surface area contributed by atoms with Crippen molar-refractivity contribution in [1.82, 2.24) is 4.57 Å². The van der Waals surface area contributed by atoms with Crippen molar-refractivity contribution in [2.45, 2.75) is 5.41 Å². The fourth-order valence-electron chi connectivity index (χ4n) is 7.78. The van der Waals surface area contributed by atoms with E-state index in [1.54, 1.807) is 30.3 Å². The average Bonchev–Trinajstić information content (AvgIpc) is 4.10. The van der Waals surface area contributed by atoms with Gasteiger partial charge >= 0.3 is 0 Å². The minimum absolute atomic E-state index is 0.116. The third-order valence-electron chi connectivity index (χ3n) is 9.62. The number of rotatable bonds is 4. The topological polar surface area (TPSA) is 8.17 Å². The zero-order valence-corrected chi connectivity index (χ0v) is 26.1. The number of anilines is 3. The molecule has 1 heterocycles. The van der Waals surface area contributed by atoms with Crippen molar-refractivity contribution in [3.63, 3.8) is 0 Å². The van der Waals surface area contributed by atoms with E-state index < -0.39 is 156 Å². The van der Waals surface area contributed by atoms with Crippen molar-refractivity contribution in [3.8, 4) is 27.9 Å². The zero-order valence-electron chi connectivity index (χ0n) is 49.1. The second-order valence-corrected chi connectivity index (χ2v) is 11.9. The Morgan fingerprint density at radius 2 is 1.02 bits per heavy atom. The third kappa shape index (κ3) is 3.76. The fraction of sp³-hybridized carbons (Fsp3) is 0.0204. The first-order valence-electron chi connectivity index (χ1n) is 27.3. The van der Waals surface area contributed by atoms with E-state index in [1.807, 2.05) is 0 Å². The molecule has 0 fully saturated rings. The molecule has 2 heteroatoms. The lowest BCUT2D eigenvalue weighted by Crippen LogP contribution is -2.27. The summed E-state index contributed by atoms with van der Waals surface area (Å²) in [5, 5.41) is 0.885. The van der Waals surface area contributed by atoms with Gasteiger partial charge in [0.25, 0.3) is 0 Å². The third-order valence-corrected chi connectivity index (χ3v) is 9.62. The predicted molar refractivity (Wildman–Crippen MR) is 212 cm³/mol. The van der Waals surface area contributed by atoms with Gasteiger partial charge in [0.2, 0.25) is 0 Å². The van der Waals surface area contributed by atoms with Crippen LogP contribution in [0, 0.1) is 0 Å². The standard InChI is InChI=1S/C49H32N2/c1-3-16-33(17-4-1)50(34-18-5-2-6-19-34)35-30-31-40-39-23-10-14-28-45(39)51(47(40)32-35)46-29-15-24-41-38-22-9-13-27-44(38)49(48(41)46)42-25-11-7-20-36(42)37-21-8-12-26-43(37)49/h1-32H/i1D,2D,3D,4D,5D,6D,7D,8D,9D,11D,12D,13D,16D,17D,18D,19D,20D,21D,22D,24D,25D,27D,29D. The highest BCUT2D eigenvalue weighted by Gasteiger charge is 2.52. The van der Waals surface area contributed by atoms with E-state index in [0.29, 0.717) is 16.3 Å². The lowest BCUT2D eigenvalue weighted by atomic mass is 9.70. The number of fused-ring (bicyclic) bond motifs is 13. The Labute approximate surface area is 329 Å². The van der Waals surface area contributed by atoms with Gasteiger partial charge in [-0.25, -0.2) is 0 Å². The van der Waals surface area contributed by atoms with Crippen molar-refractivity contribution < 1.29 is 31.5 Å². The maximum absolute atomic E-state index is 9.97. The van der Waals surface area contributed by atoms with Gasteiger partial charge in [0.15, 0.2) is 0 Å². The molecule has 0 aliphatic heterocycles. The van der Waals surface area contributed by atoms with Crippen molar-refractivity contribution in [1.29, 1.82) is 0 Å². The van der Waals surface area contributed by atoms with Crippen LogP contribution in [-0.4, -0.2) is 4.57 Å². The van der Waals surface area contributed by atoms with Crippen LogP contribution in [-0.2, 0) is 5.41 Å². The smallest absolute Gasteiger partial charge is 0.0746 e. The number of benzene rings is 8. The highest BCUT2D eigenvalue weighted by atomic mass is 15.1. The maximum atomic E-state index is 9.97. The molecule has 1 unspecified atom stereocenters. The molecule has 1 spiro atoms. The van der Waals surface area contributed by atoms with Crippen molar-refractivity contribution in [2.75, 3.05) is 4.90 Å². The number of hydrogen-bond donors (Lipinski definition) is 0. The van der Waals surface area contributed by atoms with Crippen molar-refractivity contribution >= 4 is 38.9 Å². The Balaban J connectivity index is 1.38. The molecule has 9 aromatic rings. The summed E-state index contributed by atoms with van der Waals surface area (Å²) in [4.78, 5) is 0.951. The van der Waals surface area contributed by atoms with E-state index in [4.69, 9.17) is 21.9 Å². The highest BCUT2D eigenvalue weighted by molar-refractivity contribution is 6.11. The Kier molecular flexibility index (Phi) is 2.92. The van der Waals surface area contributed by atoms with Gasteiger partial charge in [-0.3, -0.25) is 0 Å². The van der Waals surface area contributed by atoms with Crippen molar-refractivity contribution in [2.24, 2.45) is 0 Å². The van der Waals surface area contributed by atoms with Gasteiger partial charge in [0.1, 0.15) is 0 Å². The molecule has 2 nitrogen and oxygen atoms in total. The van der Waals surface area contributed by atoms with Gasteiger partial charge in [-0.05, 0) is 87.4 Å². The molecule has 1 aromatic heterocycles. The first-order valence-corrected chi connectivity index (χ1v) is 15.8. The molecule has 2 aliphatic carbocycles. The van der Waals surface area contributed by atoms with E-state index in [1.165, 1.54) is 16.7 Å². The number of para-hydroxylation sites is 3. The second-order valence-electron chi connectivity index (χ2n) is 11.9. The van der Waals surface area contributed by atoms with Gasteiger partial charge in [-0.1, -0.05) is 145 Å². The van der Waals surface area contributed by atoms with Gasteiger partial charge in [-0.2, -0.15) is 0 Å². The van der Waals surface area contributed by atoms with Crippen LogP contribution in [0.2, 0.25) is 0 Å². The summed E-state index contributed by atoms with van der Waals surface area (Å²) in [5.41, 5.74) is -5.48. The molecule has 0 saturated carbocycles. The second kappa shape index (κ2) is 10.7. The molecule has 0 saturated heterocycles. The Bertz CT molecular complexity index is 4020. The van der Waals surface area contributed by atoms with Crippen LogP contribution in [0.3, 0.4) is 0 Å². The summed E-state index contributed by atoms with van der Waals surface area (Å²) in [5.74, 6) is 0. The minimum Gasteiger partial charge on any atom is -0.310 e. The molecular weight excluding hydrogens is 617 g/mol. The molecule has 2 aliphatic rings. The molecule has 0 radical (unpaired) electrons. The summed E-state index contributed by atoms with van der Waals surface area (Å²) in [6, 6.07) is -3.03. The Hall–Kier alpha value is -6.64. The summed E-state index contributed by atoms with van der Waals surface area (Å²) >= 11 is 0. The van der Waals surface area contributed by atoms with Crippen LogP contribution in [0.25, 0.3) is 49.7 Å². The lowest BCUT2D eigenvalue weighted by molar-refractivity contribution is 0.786. The fourth-order valence-corrected chi connectivity index (χ4v) is 7.78. The molecular formula is C49H32N2. The van der Waals surface area contributed by atoms with Gasteiger partial charge in [0.05, 0.1) is 53.7 Å². The molecule has 0 N–H and O–H groups in total. The minimum atomic E-state index is -2.40. The van der Waals surface area contributed by atoms with E-state index in [2.05, 4.69) is 0 Å². The molecule has 11 rings (SSSR count). The van der Waals surface area contributed by atoms with Gasteiger partial charge < -0.3 is 9.47 Å². The number of hydrogen-bond acceptors (Lipinski definition) is 1. The molecule has 0 bridgehead atoms. The molecule has 51 heavy (non-hydrogen) atoms. The Morgan fingerprint density at radius 3 is 1.75 bits per heavy atom. The summed E-state index contributed by atoms with van der Waals surface area (Å²) in [6.45, 7) is 0. The molecule has 0 amide bonds. The van der Waals surface area contributed by atoms with E-state index >= 15 is 0 Å². The Morgan fingerprint density at radius 1 is 0.431 bits per heavy atom. The van der Waals surface area contributed by atoms with Crippen LogP contribution in [0.4, 0.5) is 17.1 Å². The summed E-state index contributed by atoms with van der Waals surface area (Å²) < 4.78 is 210. The van der Waals surface area contributed by atoms with E-state index in [-0.39, 0.29) is 61.4 Å². The van der Waals surface area contributed by atoms with Crippen LogP contribution >= 0.6 is 0 Å². The first-order chi connectivity index (χ1) is 34.8. The molecule has 238 valence electrons. The first kappa shape index (κ1) is 13.9. The van der Waals surface area contributed by atoms with Crippen LogP contribution in [0.15, 0.2) is 194 Å².